The van der Waals surface area contributed by atoms with E-state index in [9.17, 15) is 0 Å². The summed E-state index contributed by atoms with van der Waals surface area (Å²) in [6.07, 6.45) is 2.95. The van der Waals surface area contributed by atoms with Crippen molar-refractivity contribution >= 4 is 11.6 Å². The molecule has 1 aliphatic rings. The summed E-state index contributed by atoms with van der Waals surface area (Å²) in [6.45, 7) is 4.50. The number of hydrogen-bond donors (Lipinski definition) is 1. The van der Waals surface area contributed by atoms with Crippen molar-refractivity contribution in [3.05, 3.63) is 16.9 Å². The second-order valence-electron chi connectivity index (χ2n) is 5.57. The molecule has 6 heteroatoms. The normalized spacial score (nSPS) is 25.2. The molecule has 1 saturated heterocycles. The number of ether oxygens (including phenoxy) is 1. The van der Waals surface area contributed by atoms with Crippen LogP contribution in [0.4, 0.5) is 0 Å². The molecule has 108 valence electrons. The van der Waals surface area contributed by atoms with Crippen molar-refractivity contribution in [3.63, 3.8) is 0 Å². The molecule has 0 radical (unpaired) electrons. The second kappa shape index (κ2) is 6.22. The van der Waals surface area contributed by atoms with Gasteiger partial charge in [-0.3, -0.25) is 4.68 Å². The van der Waals surface area contributed by atoms with E-state index in [1.54, 1.807) is 6.20 Å². The van der Waals surface area contributed by atoms with Crippen LogP contribution in [0.5, 0.6) is 0 Å². The first-order valence-electron chi connectivity index (χ1n) is 6.72. The molecule has 0 spiro atoms. The average molecular weight is 287 g/mol. The third kappa shape index (κ3) is 3.48. The van der Waals surface area contributed by atoms with Crippen LogP contribution in [-0.4, -0.2) is 48.0 Å². The molecule has 0 bridgehead atoms. The highest BCUT2D eigenvalue weighted by molar-refractivity contribution is 6.31. The van der Waals surface area contributed by atoms with Crippen LogP contribution in [0.2, 0.25) is 5.02 Å². The number of hydrogen-bond acceptors (Lipinski definition) is 4. The van der Waals surface area contributed by atoms with Crippen molar-refractivity contribution in [2.45, 2.75) is 32.0 Å². The van der Waals surface area contributed by atoms with E-state index >= 15 is 0 Å². The third-order valence-corrected chi connectivity index (χ3v) is 3.94. The van der Waals surface area contributed by atoms with Crippen LogP contribution in [0.3, 0.4) is 0 Å². The predicted molar refractivity (Wildman–Crippen MR) is 76.2 cm³/mol. The molecule has 0 amide bonds. The Morgan fingerprint density at radius 3 is 2.95 bits per heavy atom. The van der Waals surface area contributed by atoms with Gasteiger partial charge in [-0.15, -0.1) is 0 Å². The predicted octanol–water partition coefficient (Wildman–Crippen LogP) is 1.52. The van der Waals surface area contributed by atoms with Crippen molar-refractivity contribution < 1.29 is 4.74 Å². The molecule has 0 aliphatic carbocycles. The smallest absolute Gasteiger partial charge is 0.0834 e. The molecule has 19 heavy (non-hydrogen) atoms. The Morgan fingerprint density at radius 1 is 1.63 bits per heavy atom. The van der Waals surface area contributed by atoms with E-state index in [4.69, 9.17) is 22.1 Å². The lowest BCUT2D eigenvalue weighted by Gasteiger charge is -2.20. The van der Waals surface area contributed by atoms with Crippen molar-refractivity contribution in [1.82, 2.24) is 14.7 Å². The van der Waals surface area contributed by atoms with Gasteiger partial charge in [-0.2, -0.15) is 5.10 Å². The first-order valence-corrected chi connectivity index (χ1v) is 7.10. The highest BCUT2D eigenvalue weighted by Crippen LogP contribution is 2.33. The molecule has 3 unspecified atom stereocenters. The maximum atomic E-state index is 6.38. The zero-order valence-corrected chi connectivity index (χ0v) is 12.6. The lowest BCUT2D eigenvalue weighted by molar-refractivity contribution is 0.118. The molecule has 0 saturated carbocycles. The minimum Gasteiger partial charge on any atom is -0.378 e. The lowest BCUT2D eigenvalue weighted by atomic mass is 9.95. The topological polar surface area (TPSA) is 56.3 Å². The fourth-order valence-electron chi connectivity index (χ4n) is 2.50. The Balaban J connectivity index is 2.11. The first-order chi connectivity index (χ1) is 8.99. The molecule has 2 N–H and O–H groups in total. The molecular weight excluding hydrogens is 264 g/mol. The Bertz CT molecular complexity index is 421. The fraction of sp³-hybridized carbons (Fsp3) is 0.769. The Labute approximate surface area is 119 Å². The fourth-order valence-corrected chi connectivity index (χ4v) is 2.77. The number of nitrogens with two attached hydrogens (primary N) is 1. The summed E-state index contributed by atoms with van der Waals surface area (Å²) in [7, 11) is 4.08. The SMILES string of the molecule is CC1CC(C(N)c2c(Cl)cnn2CCN(C)C)CO1. The largest absolute Gasteiger partial charge is 0.378 e. The van der Waals surface area contributed by atoms with Crippen LogP contribution in [-0.2, 0) is 11.3 Å². The van der Waals surface area contributed by atoms with Gasteiger partial charge in [-0.05, 0) is 27.4 Å². The second-order valence-corrected chi connectivity index (χ2v) is 5.98. The summed E-state index contributed by atoms with van der Waals surface area (Å²) >= 11 is 6.25. The molecular formula is C13H23ClN4O. The van der Waals surface area contributed by atoms with Crippen molar-refractivity contribution in [2.75, 3.05) is 27.2 Å². The van der Waals surface area contributed by atoms with Crippen LogP contribution in [0.1, 0.15) is 25.1 Å². The molecule has 0 aromatic carbocycles. The van der Waals surface area contributed by atoms with Crippen LogP contribution in [0.15, 0.2) is 6.20 Å². The van der Waals surface area contributed by atoms with Gasteiger partial charge in [-0.25, -0.2) is 0 Å². The standard InChI is InChI=1S/C13H23ClN4O/c1-9-6-10(8-19-9)12(15)13-11(14)7-16-18(13)5-4-17(2)3/h7,9-10,12H,4-6,8,15H2,1-3H3. The summed E-state index contributed by atoms with van der Waals surface area (Å²) in [6, 6.07) is -0.109. The van der Waals surface area contributed by atoms with Gasteiger partial charge in [-0.1, -0.05) is 11.6 Å². The molecule has 3 atom stereocenters. The summed E-state index contributed by atoms with van der Waals surface area (Å²) in [4.78, 5) is 2.12. The van der Waals surface area contributed by atoms with Gasteiger partial charge < -0.3 is 15.4 Å². The highest BCUT2D eigenvalue weighted by atomic mass is 35.5. The Morgan fingerprint density at radius 2 is 2.37 bits per heavy atom. The number of rotatable bonds is 5. The summed E-state index contributed by atoms with van der Waals surface area (Å²) < 4.78 is 7.53. The summed E-state index contributed by atoms with van der Waals surface area (Å²) in [5.41, 5.74) is 7.31. The minimum absolute atomic E-state index is 0.109. The summed E-state index contributed by atoms with van der Waals surface area (Å²) in [5.74, 6) is 0.322. The minimum atomic E-state index is -0.109. The van der Waals surface area contributed by atoms with Gasteiger partial charge in [0.1, 0.15) is 0 Å². The molecule has 1 aliphatic heterocycles. The molecule has 1 aromatic heterocycles. The number of aromatic nitrogens is 2. The molecule has 5 nitrogen and oxygen atoms in total. The zero-order chi connectivity index (χ0) is 14.0. The Hall–Kier alpha value is -0.620. The van der Waals surface area contributed by atoms with Crippen molar-refractivity contribution in [3.8, 4) is 0 Å². The van der Waals surface area contributed by atoms with Crippen LogP contribution >= 0.6 is 11.6 Å². The maximum Gasteiger partial charge on any atom is 0.0834 e. The van der Waals surface area contributed by atoms with E-state index in [2.05, 4.69) is 16.9 Å². The highest BCUT2D eigenvalue weighted by Gasteiger charge is 2.31. The van der Waals surface area contributed by atoms with E-state index in [1.807, 2.05) is 18.8 Å². The first kappa shape index (κ1) is 14.8. The average Bonchev–Trinajstić information content (AvgIpc) is 2.92. The van der Waals surface area contributed by atoms with E-state index in [1.165, 1.54) is 0 Å². The van der Waals surface area contributed by atoms with E-state index in [-0.39, 0.29) is 12.1 Å². The maximum absolute atomic E-state index is 6.38. The van der Waals surface area contributed by atoms with Crippen LogP contribution in [0.25, 0.3) is 0 Å². The molecule has 2 rings (SSSR count). The van der Waals surface area contributed by atoms with Crippen molar-refractivity contribution in [2.24, 2.45) is 11.7 Å². The number of likely N-dealkylation sites (N-methyl/N-ethyl adjacent to an activating group) is 1. The molecule has 1 aromatic rings. The van der Waals surface area contributed by atoms with E-state index < -0.39 is 0 Å². The third-order valence-electron chi connectivity index (χ3n) is 3.65. The van der Waals surface area contributed by atoms with Gasteiger partial charge in [0, 0.05) is 12.5 Å². The van der Waals surface area contributed by atoms with Crippen molar-refractivity contribution in [1.29, 1.82) is 0 Å². The Kier molecular flexibility index (Phi) is 4.84. The van der Waals surface area contributed by atoms with Gasteiger partial charge >= 0.3 is 0 Å². The number of halogens is 1. The van der Waals surface area contributed by atoms with E-state index in [0.29, 0.717) is 17.5 Å². The van der Waals surface area contributed by atoms with Crippen LogP contribution < -0.4 is 5.73 Å². The number of nitrogens with zero attached hydrogens (tertiary/aromatic N) is 3. The quantitative estimate of drug-likeness (QED) is 0.892. The van der Waals surface area contributed by atoms with E-state index in [0.717, 1.165) is 25.2 Å². The molecule has 1 fully saturated rings. The lowest BCUT2D eigenvalue weighted by Crippen LogP contribution is -2.27. The van der Waals surface area contributed by atoms with Gasteiger partial charge in [0.05, 0.1) is 42.2 Å². The van der Waals surface area contributed by atoms with Gasteiger partial charge in [0.25, 0.3) is 0 Å². The monoisotopic (exact) mass is 286 g/mol. The van der Waals surface area contributed by atoms with Gasteiger partial charge in [0.15, 0.2) is 0 Å². The van der Waals surface area contributed by atoms with Crippen LogP contribution in [0, 0.1) is 5.92 Å². The zero-order valence-electron chi connectivity index (χ0n) is 11.8. The van der Waals surface area contributed by atoms with Gasteiger partial charge in [0.2, 0.25) is 0 Å². The summed E-state index contributed by atoms with van der Waals surface area (Å²) in [5, 5.41) is 4.99. The molecule has 2 heterocycles.